The summed E-state index contributed by atoms with van der Waals surface area (Å²) in [5.41, 5.74) is 11.3. The molecule has 0 saturated carbocycles. The molecular formula is C18H23N3. The first kappa shape index (κ1) is 14.2. The Bertz CT molecular complexity index is 661. The molecule has 0 fully saturated rings. The SMILES string of the molecule is Cc1ccccc1Cc1ncc2c(n1)CC(C)(C)CC2N. The van der Waals surface area contributed by atoms with Crippen LogP contribution in [-0.2, 0) is 12.8 Å². The average Bonchev–Trinajstić information content (AvgIpc) is 2.39. The van der Waals surface area contributed by atoms with E-state index in [1.165, 1.54) is 11.1 Å². The third-order valence-electron chi connectivity index (χ3n) is 4.38. The summed E-state index contributed by atoms with van der Waals surface area (Å²) in [6.07, 6.45) is 4.71. The van der Waals surface area contributed by atoms with Gasteiger partial charge in [-0.3, -0.25) is 0 Å². The highest BCUT2D eigenvalue weighted by Crippen LogP contribution is 2.38. The molecule has 1 unspecified atom stereocenters. The summed E-state index contributed by atoms with van der Waals surface area (Å²) < 4.78 is 0. The molecule has 1 aromatic heterocycles. The lowest BCUT2D eigenvalue weighted by Crippen LogP contribution is -2.31. The Balaban J connectivity index is 1.91. The van der Waals surface area contributed by atoms with Crippen molar-refractivity contribution in [1.29, 1.82) is 0 Å². The van der Waals surface area contributed by atoms with Crippen molar-refractivity contribution in [3.8, 4) is 0 Å². The second kappa shape index (κ2) is 5.23. The van der Waals surface area contributed by atoms with E-state index in [-0.39, 0.29) is 11.5 Å². The summed E-state index contributed by atoms with van der Waals surface area (Å²) in [4.78, 5) is 9.34. The predicted octanol–water partition coefficient (Wildman–Crippen LogP) is 3.35. The van der Waals surface area contributed by atoms with Crippen molar-refractivity contribution >= 4 is 0 Å². The van der Waals surface area contributed by atoms with Crippen molar-refractivity contribution in [3.63, 3.8) is 0 Å². The molecule has 0 bridgehead atoms. The van der Waals surface area contributed by atoms with Crippen molar-refractivity contribution in [2.24, 2.45) is 11.1 Å². The molecular weight excluding hydrogens is 258 g/mol. The van der Waals surface area contributed by atoms with Gasteiger partial charge in [-0.15, -0.1) is 0 Å². The van der Waals surface area contributed by atoms with Crippen LogP contribution in [-0.4, -0.2) is 9.97 Å². The molecule has 1 aliphatic carbocycles. The zero-order valence-corrected chi connectivity index (χ0v) is 13.1. The van der Waals surface area contributed by atoms with Gasteiger partial charge in [0, 0.05) is 29.9 Å². The van der Waals surface area contributed by atoms with E-state index in [0.29, 0.717) is 0 Å². The fourth-order valence-electron chi connectivity index (χ4n) is 3.21. The summed E-state index contributed by atoms with van der Waals surface area (Å²) >= 11 is 0. The highest BCUT2D eigenvalue weighted by atomic mass is 14.9. The maximum absolute atomic E-state index is 6.27. The molecule has 1 atom stereocenters. The summed E-state index contributed by atoms with van der Waals surface area (Å²) in [6.45, 7) is 6.66. The average molecular weight is 281 g/mol. The minimum atomic E-state index is 0.0660. The predicted molar refractivity (Wildman–Crippen MR) is 85.0 cm³/mol. The first-order valence-electron chi connectivity index (χ1n) is 7.59. The van der Waals surface area contributed by atoms with Gasteiger partial charge in [-0.05, 0) is 36.3 Å². The Kier molecular flexibility index (Phi) is 3.54. The number of hydrogen-bond acceptors (Lipinski definition) is 3. The van der Waals surface area contributed by atoms with Crippen molar-refractivity contribution in [3.05, 3.63) is 58.7 Å². The van der Waals surface area contributed by atoms with Crippen LogP contribution in [0.4, 0.5) is 0 Å². The van der Waals surface area contributed by atoms with Gasteiger partial charge in [-0.2, -0.15) is 0 Å². The van der Waals surface area contributed by atoms with E-state index < -0.39 is 0 Å². The van der Waals surface area contributed by atoms with Gasteiger partial charge in [0.15, 0.2) is 0 Å². The van der Waals surface area contributed by atoms with Gasteiger partial charge >= 0.3 is 0 Å². The molecule has 21 heavy (non-hydrogen) atoms. The number of nitrogens with two attached hydrogens (primary N) is 1. The first-order valence-corrected chi connectivity index (χ1v) is 7.59. The molecule has 1 aliphatic rings. The van der Waals surface area contributed by atoms with E-state index in [0.717, 1.165) is 36.3 Å². The van der Waals surface area contributed by atoms with Gasteiger partial charge in [0.05, 0.1) is 0 Å². The Labute approximate surface area is 126 Å². The fraction of sp³-hybridized carbons (Fsp3) is 0.444. The molecule has 1 aromatic carbocycles. The maximum atomic E-state index is 6.27. The summed E-state index contributed by atoms with van der Waals surface area (Å²) in [7, 11) is 0. The number of aryl methyl sites for hydroxylation is 1. The molecule has 3 rings (SSSR count). The van der Waals surface area contributed by atoms with Gasteiger partial charge in [0.1, 0.15) is 5.82 Å². The number of fused-ring (bicyclic) bond motifs is 1. The van der Waals surface area contributed by atoms with E-state index in [4.69, 9.17) is 10.7 Å². The third kappa shape index (κ3) is 2.98. The quantitative estimate of drug-likeness (QED) is 0.918. The van der Waals surface area contributed by atoms with Crippen LogP contribution in [0.2, 0.25) is 0 Å². The Hall–Kier alpha value is -1.74. The standard InChI is InChI=1S/C18H23N3/c1-12-6-4-5-7-13(12)8-17-20-11-14-15(19)9-18(2,3)10-16(14)21-17/h4-7,11,15H,8-10,19H2,1-3H3. The van der Waals surface area contributed by atoms with E-state index >= 15 is 0 Å². The fourth-order valence-corrected chi connectivity index (χ4v) is 3.21. The van der Waals surface area contributed by atoms with Gasteiger partial charge in [-0.25, -0.2) is 9.97 Å². The van der Waals surface area contributed by atoms with Crippen LogP contribution in [0.3, 0.4) is 0 Å². The highest BCUT2D eigenvalue weighted by molar-refractivity contribution is 5.30. The van der Waals surface area contributed by atoms with Crippen LogP contribution in [0.5, 0.6) is 0 Å². The molecule has 3 nitrogen and oxygen atoms in total. The largest absolute Gasteiger partial charge is 0.324 e. The normalized spacial score (nSPS) is 20.1. The Morgan fingerprint density at radius 1 is 1.29 bits per heavy atom. The molecule has 110 valence electrons. The van der Waals surface area contributed by atoms with Gasteiger partial charge in [0.25, 0.3) is 0 Å². The number of rotatable bonds is 2. The Morgan fingerprint density at radius 2 is 2.05 bits per heavy atom. The summed E-state index contributed by atoms with van der Waals surface area (Å²) in [5.74, 6) is 0.896. The van der Waals surface area contributed by atoms with Gasteiger partial charge in [0.2, 0.25) is 0 Å². The van der Waals surface area contributed by atoms with E-state index in [2.05, 4.69) is 50.0 Å². The molecule has 0 aliphatic heterocycles. The lowest BCUT2D eigenvalue weighted by atomic mass is 9.74. The highest BCUT2D eigenvalue weighted by Gasteiger charge is 2.31. The molecule has 0 spiro atoms. The molecule has 2 N–H and O–H groups in total. The van der Waals surface area contributed by atoms with Crippen LogP contribution in [0.15, 0.2) is 30.5 Å². The third-order valence-corrected chi connectivity index (χ3v) is 4.38. The lowest BCUT2D eigenvalue weighted by Gasteiger charge is -2.34. The summed E-state index contributed by atoms with van der Waals surface area (Å²) in [5, 5.41) is 0. The van der Waals surface area contributed by atoms with Crippen molar-refractivity contribution in [1.82, 2.24) is 9.97 Å². The number of nitrogens with zero attached hydrogens (tertiary/aromatic N) is 2. The maximum Gasteiger partial charge on any atom is 0.132 e. The first-order chi connectivity index (χ1) is 9.94. The van der Waals surface area contributed by atoms with Crippen molar-refractivity contribution in [2.75, 3.05) is 0 Å². The zero-order valence-electron chi connectivity index (χ0n) is 13.1. The van der Waals surface area contributed by atoms with Gasteiger partial charge in [-0.1, -0.05) is 38.1 Å². The summed E-state index contributed by atoms with van der Waals surface area (Å²) in [6, 6.07) is 8.48. The van der Waals surface area contributed by atoms with Crippen molar-refractivity contribution in [2.45, 2.75) is 46.1 Å². The second-order valence-electron chi connectivity index (χ2n) is 6.94. The number of hydrogen-bond donors (Lipinski definition) is 1. The molecule has 0 radical (unpaired) electrons. The van der Waals surface area contributed by atoms with Gasteiger partial charge < -0.3 is 5.73 Å². The lowest BCUT2D eigenvalue weighted by molar-refractivity contribution is 0.277. The number of benzene rings is 1. The van der Waals surface area contributed by atoms with Crippen LogP contribution >= 0.6 is 0 Å². The molecule has 1 heterocycles. The topological polar surface area (TPSA) is 51.8 Å². The molecule has 0 amide bonds. The van der Waals surface area contributed by atoms with Crippen LogP contribution < -0.4 is 5.73 Å². The van der Waals surface area contributed by atoms with Crippen molar-refractivity contribution < 1.29 is 0 Å². The minimum Gasteiger partial charge on any atom is -0.324 e. The molecule has 2 aromatic rings. The molecule has 3 heteroatoms. The Morgan fingerprint density at radius 3 is 2.81 bits per heavy atom. The monoisotopic (exact) mass is 281 g/mol. The smallest absolute Gasteiger partial charge is 0.132 e. The number of aromatic nitrogens is 2. The second-order valence-corrected chi connectivity index (χ2v) is 6.94. The van der Waals surface area contributed by atoms with Crippen LogP contribution in [0.25, 0.3) is 0 Å². The van der Waals surface area contributed by atoms with Crippen LogP contribution in [0.1, 0.15) is 54.5 Å². The van der Waals surface area contributed by atoms with E-state index in [9.17, 15) is 0 Å². The van der Waals surface area contributed by atoms with Crippen LogP contribution in [0, 0.1) is 12.3 Å². The molecule has 0 saturated heterocycles. The van der Waals surface area contributed by atoms with E-state index in [1.807, 2.05) is 6.20 Å². The minimum absolute atomic E-state index is 0.0660. The van der Waals surface area contributed by atoms with E-state index in [1.54, 1.807) is 0 Å². The zero-order chi connectivity index (χ0) is 15.0.